The van der Waals surface area contributed by atoms with Gasteiger partial charge in [-0.1, -0.05) is 23.4 Å². The van der Waals surface area contributed by atoms with Crippen molar-refractivity contribution in [3.8, 4) is 22.9 Å². The number of hydrogen-bond donors (Lipinski definition) is 1. The molecule has 0 fully saturated rings. The highest BCUT2D eigenvalue weighted by molar-refractivity contribution is 5.80. The van der Waals surface area contributed by atoms with Gasteiger partial charge >= 0.3 is 0 Å². The van der Waals surface area contributed by atoms with Gasteiger partial charge in [0.15, 0.2) is 6.10 Å². The second-order valence-electron chi connectivity index (χ2n) is 7.36. The molecule has 1 aliphatic rings. The van der Waals surface area contributed by atoms with E-state index in [1.807, 2.05) is 30.3 Å². The molecule has 7 heteroatoms. The van der Waals surface area contributed by atoms with Crippen LogP contribution in [-0.4, -0.2) is 29.3 Å². The van der Waals surface area contributed by atoms with Crippen molar-refractivity contribution < 1.29 is 18.8 Å². The summed E-state index contributed by atoms with van der Waals surface area (Å²) >= 11 is 0. The predicted octanol–water partition coefficient (Wildman–Crippen LogP) is 3.71. The van der Waals surface area contributed by atoms with Crippen LogP contribution in [0.3, 0.4) is 0 Å². The molecule has 1 aromatic heterocycles. The first kappa shape index (κ1) is 19.9. The van der Waals surface area contributed by atoms with Crippen LogP contribution in [-0.2, 0) is 24.2 Å². The lowest BCUT2D eigenvalue weighted by atomic mass is 9.92. The maximum absolute atomic E-state index is 12.4. The van der Waals surface area contributed by atoms with Crippen LogP contribution in [0.5, 0.6) is 11.5 Å². The number of aryl methyl sites for hydroxylation is 2. The summed E-state index contributed by atoms with van der Waals surface area (Å²) in [5.74, 6) is 1.95. The fraction of sp³-hybridized carbons (Fsp3) is 0.348. The molecule has 1 atom stereocenters. The van der Waals surface area contributed by atoms with E-state index >= 15 is 0 Å². The van der Waals surface area contributed by atoms with E-state index in [-0.39, 0.29) is 12.5 Å². The Morgan fingerprint density at radius 2 is 1.97 bits per heavy atom. The van der Waals surface area contributed by atoms with Gasteiger partial charge in [-0.2, -0.15) is 4.98 Å². The summed E-state index contributed by atoms with van der Waals surface area (Å²) in [5, 5.41) is 6.75. The molecule has 0 spiro atoms. The van der Waals surface area contributed by atoms with E-state index in [2.05, 4.69) is 27.6 Å². The smallest absolute Gasteiger partial charge is 0.261 e. The second-order valence-corrected chi connectivity index (χ2v) is 7.36. The third-order valence-corrected chi connectivity index (χ3v) is 5.21. The van der Waals surface area contributed by atoms with Crippen LogP contribution >= 0.6 is 0 Å². The van der Waals surface area contributed by atoms with Gasteiger partial charge in [0.05, 0.1) is 13.7 Å². The number of fused-ring (bicyclic) bond motifs is 1. The van der Waals surface area contributed by atoms with Crippen molar-refractivity contribution in [2.45, 2.75) is 45.3 Å². The average Bonchev–Trinajstić information content (AvgIpc) is 3.26. The zero-order chi connectivity index (χ0) is 20.9. The van der Waals surface area contributed by atoms with Gasteiger partial charge in [-0.25, -0.2) is 0 Å². The van der Waals surface area contributed by atoms with Gasteiger partial charge < -0.3 is 19.3 Å². The molecule has 4 rings (SSSR count). The molecule has 0 unspecified atom stereocenters. The molecule has 0 radical (unpaired) electrons. The van der Waals surface area contributed by atoms with Gasteiger partial charge in [-0.15, -0.1) is 0 Å². The molecule has 2 aromatic carbocycles. The molecule has 1 heterocycles. The number of nitrogens with zero attached hydrogens (tertiary/aromatic N) is 2. The van der Waals surface area contributed by atoms with Gasteiger partial charge in [0.25, 0.3) is 5.91 Å². The molecule has 1 amide bonds. The highest BCUT2D eigenvalue weighted by atomic mass is 16.5. The van der Waals surface area contributed by atoms with E-state index in [0.29, 0.717) is 17.5 Å². The molecule has 0 saturated carbocycles. The number of carbonyl (C=O) groups excluding carboxylic acids is 1. The van der Waals surface area contributed by atoms with E-state index in [1.54, 1.807) is 14.0 Å². The highest BCUT2D eigenvalue weighted by Crippen LogP contribution is 2.26. The highest BCUT2D eigenvalue weighted by Gasteiger charge is 2.18. The number of ether oxygens (including phenoxy) is 2. The van der Waals surface area contributed by atoms with Crippen molar-refractivity contribution in [2.75, 3.05) is 7.11 Å². The Hall–Kier alpha value is -3.35. The Labute approximate surface area is 175 Å². The number of rotatable bonds is 7. The first-order chi connectivity index (χ1) is 14.6. The summed E-state index contributed by atoms with van der Waals surface area (Å²) in [6.45, 7) is 1.86. The van der Waals surface area contributed by atoms with Gasteiger partial charge in [-0.05, 0) is 68.0 Å². The number of aromatic nitrogens is 2. The maximum Gasteiger partial charge on any atom is 0.261 e. The minimum atomic E-state index is -0.632. The van der Waals surface area contributed by atoms with Crippen LogP contribution in [0, 0.1) is 0 Å². The summed E-state index contributed by atoms with van der Waals surface area (Å²) in [4.78, 5) is 16.8. The van der Waals surface area contributed by atoms with Crippen LogP contribution in [0.2, 0.25) is 0 Å². The monoisotopic (exact) mass is 407 g/mol. The lowest BCUT2D eigenvalue weighted by Gasteiger charge is -2.19. The molecular formula is C23H25N3O4. The molecule has 7 nitrogen and oxygen atoms in total. The Kier molecular flexibility index (Phi) is 5.97. The SMILES string of the molecule is COc1cccc(-c2noc(CNC(=O)[C@H](C)Oc3ccc4c(c3)CCCC4)n2)c1. The van der Waals surface area contributed by atoms with Crippen LogP contribution in [0.1, 0.15) is 36.8 Å². The van der Waals surface area contributed by atoms with E-state index in [4.69, 9.17) is 14.0 Å². The Bertz CT molecular complexity index is 1030. The van der Waals surface area contributed by atoms with Gasteiger partial charge in [0, 0.05) is 5.56 Å². The molecule has 0 aliphatic heterocycles. The second kappa shape index (κ2) is 8.98. The molecule has 1 aliphatic carbocycles. The summed E-state index contributed by atoms with van der Waals surface area (Å²) in [6, 6.07) is 13.5. The standard InChI is InChI=1S/C23H25N3O4/c1-15(29-20-11-10-16-6-3-4-7-17(16)12-20)23(27)24-14-21-25-22(26-30-21)18-8-5-9-19(13-18)28-2/h5,8-13,15H,3-4,6-7,14H2,1-2H3,(H,24,27)/t15-/m0/s1. The fourth-order valence-corrected chi connectivity index (χ4v) is 3.55. The zero-order valence-corrected chi connectivity index (χ0v) is 17.2. The van der Waals surface area contributed by atoms with Crippen molar-refractivity contribution in [1.82, 2.24) is 15.5 Å². The van der Waals surface area contributed by atoms with E-state index in [0.717, 1.165) is 24.2 Å². The molecule has 156 valence electrons. The van der Waals surface area contributed by atoms with Gasteiger partial charge in [-0.3, -0.25) is 4.79 Å². The molecule has 0 bridgehead atoms. The Morgan fingerprint density at radius 1 is 1.13 bits per heavy atom. The largest absolute Gasteiger partial charge is 0.497 e. The third kappa shape index (κ3) is 4.62. The van der Waals surface area contributed by atoms with Crippen LogP contribution < -0.4 is 14.8 Å². The summed E-state index contributed by atoms with van der Waals surface area (Å²) in [7, 11) is 1.60. The van der Waals surface area contributed by atoms with Gasteiger partial charge in [0.2, 0.25) is 11.7 Å². The minimum absolute atomic E-state index is 0.133. The van der Waals surface area contributed by atoms with Crippen molar-refractivity contribution >= 4 is 5.91 Å². The fourth-order valence-electron chi connectivity index (χ4n) is 3.55. The van der Waals surface area contributed by atoms with Crippen LogP contribution in [0.15, 0.2) is 47.0 Å². The number of benzene rings is 2. The molecule has 30 heavy (non-hydrogen) atoms. The summed E-state index contributed by atoms with van der Waals surface area (Å²) < 4.78 is 16.3. The number of hydrogen-bond acceptors (Lipinski definition) is 6. The third-order valence-electron chi connectivity index (χ3n) is 5.21. The Morgan fingerprint density at radius 3 is 2.80 bits per heavy atom. The number of nitrogens with one attached hydrogen (secondary N) is 1. The molecule has 1 N–H and O–H groups in total. The maximum atomic E-state index is 12.4. The number of amides is 1. The van der Waals surface area contributed by atoms with Crippen molar-refractivity contribution in [3.63, 3.8) is 0 Å². The van der Waals surface area contributed by atoms with Crippen molar-refractivity contribution in [2.24, 2.45) is 0 Å². The lowest BCUT2D eigenvalue weighted by molar-refractivity contribution is -0.127. The number of methoxy groups -OCH3 is 1. The first-order valence-corrected chi connectivity index (χ1v) is 10.2. The normalized spacial score (nSPS) is 13.9. The molecular weight excluding hydrogens is 382 g/mol. The van der Waals surface area contributed by atoms with E-state index in [9.17, 15) is 4.79 Å². The quantitative estimate of drug-likeness (QED) is 0.643. The van der Waals surface area contributed by atoms with E-state index in [1.165, 1.54) is 24.0 Å². The lowest BCUT2D eigenvalue weighted by Crippen LogP contribution is -2.36. The topological polar surface area (TPSA) is 86.5 Å². The summed E-state index contributed by atoms with van der Waals surface area (Å²) in [6.07, 6.45) is 4.00. The predicted molar refractivity (Wildman–Crippen MR) is 111 cm³/mol. The Balaban J connectivity index is 1.32. The molecule has 3 aromatic rings. The van der Waals surface area contributed by atoms with Crippen LogP contribution in [0.4, 0.5) is 0 Å². The zero-order valence-electron chi connectivity index (χ0n) is 17.2. The van der Waals surface area contributed by atoms with E-state index < -0.39 is 6.10 Å². The van der Waals surface area contributed by atoms with Crippen molar-refractivity contribution in [3.05, 3.63) is 59.5 Å². The van der Waals surface area contributed by atoms with Crippen LogP contribution in [0.25, 0.3) is 11.4 Å². The first-order valence-electron chi connectivity index (χ1n) is 10.2. The minimum Gasteiger partial charge on any atom is -0.497 e. The summed E-state index contributed by atoms with van der Waals surface area (Å²) in [5.41, 5.74) is 3.48. The van der Waals surface area contributed by atoms with Gasteiger partial charge in [0.1, 0.15) is 11.5 Å². The number of carbonyl (C=O) groups is 1. The van der Waals surface area contributed by atoms with Crippen molar-refractivity contribution in [1.29, 1.82) is 0 Å². The average molecular weight is 407 g/mol. The molecule has 0 saturated heterocycles.